The lowest BCUT2D eigenvalue weighted by atomic mass is 9.78. The molecule has 10 heteroatoms. The maximum Gasteiger partial charge on any atom is 0.425 e. The molecule has 2 nitrogen and oxygen atoms in total. The lowest BCUT2D eigenvalue weighted by molar-refractivity contribution is -0.222. The molecule has 1 aliphatic carbocycles. The third kappa shape index (κ3) is 7.11. The van der Waals surface area contributed by atoms with Crippen LogP contribution in [0.2, 0.25) is 0 Å². The Hall–Kier alpha value is -2.78. The first-order valence-corrected chi connectivity index (χ1v) is 11.2. The Kier molecular flexibility index (Phi) is 8.33. The highest BCUT2D eigenvalue weighted by Crippen LogP contribution is 2.44. The van der Waals surface area contributed by atoms with Crippen molar-refractivity contribution in [1.29, 1.82) is 0 Å². The van der Waals surface area contributed by atoms with E-state index in [0.717, 1.165) is 18.4 Å². The average molecular weight is 508 g/mol. The molecule has 192 valence electrons. The van der Waals surface area contributed by atoms with Crippen LogP contribution in [0.5, 0.6) is 11.5 Å². The first-order valence-electron chi connectivity index (χ1n) is 11.2. The summed E-state index contributed by atoms with van der Waals surface area (Å²) in [5.41, 5.74) is 2.27. The summed E-state index contributed by atoms with van der Waals surface area (Å²) in [7, 11) is 0. The van der Waals surface area contributed by atoms with E-state index in [9.17, 15) is 35.1 Å². The van der Waals surface area contributed by atoms with Crippen LogP contribution in [0, 0.1) is 17.6 Å². The summed E-state index contributed by atoms with van der Waals surface area (Å²) in [5.74, 6) is -7.37. The molecule has 35 heavy (non-hydrogen) atoms. The second kappa shape index (κ2) is 10.9. The van der Waals surface area contributed by atoms with Crippen LogP contribution >= 0.6 is 0 Å². The Balaban J connectivity index is 1.64. The number of alkyl halides is 4. The molecule has 0 saturated heterocycles. The summed E-state index contributed by atoms with van der Waals surface area (Å²) in [5, 5.41) is 0. The topological polar surface area (TPSA) is 18.5 Å². The van der Waals surface area contributed by atoms with Crippen LogP contribution in [0.15, 0.2) is 48.6 Å². The maximum absolute atomic E-state index is 14.7. The van der Waals surface area contributed by atoms with Gasteiger partial charge in [-0.05, 0) is 49.1 Å². The molecule has 0 amide bonds. The van der Waals surface area contributed by atoms with Crippen LogP contribution in [0.4, 0.5) is 35.1 Å². The van der Waals surface area contributed by atoms with Gasteiger partial charge in [-0.1, -0.05) is 37.6 Å². The van der Waals surface area contributed by atoms with E-state index in [0.29, 0.717) is 12.8 Å². The molecule has 2 aromatic carbocycles. The maximum atomic E-state index is 14.7. The summed E-state index contributed by atoms with van der Waals surface area (Å²) in [6.45, 7) is 2.08. The molecule has 0 spiro atoms. The monoisotopic (exact) mass is 508 g/mol. The lowest BCUT2D eigenvalue weighted by Crippen LogP contribution is -2.37. The molecular formula is C25H24F8O2. The lowest BCUT2D eigenvalue weighted by Gasteiger charge is -2.33. The van der Waals surface area contributed by atoms with Gasteiger partial charge < -0.3 is 9.47 Å². The molecule has 0 aromatic heterocycles. The average Bonchev–Trinajstić information content (AvgIpc) is 2.76. The van der Waals surface area contributed by atoms with E-state index in [4.69, 9.17) is 0 Å². The van der Waals surface area contributed by atoms with Gasteiger partial charge in [-0.25, -0.2) is 8.78 Å². The fraction of sp³-hybridized carbons (Fsp3) is 0.440. The van der Waals surface area contributed by atoms with Crippen molar-refractivity contribution in [2.24, 2.45) is 5.92 Å². The van der Waals surface area contributed by atoms with E-state index >= 15 is 0 Å². The predicted octanol–water partition coefficient (Wildman–Crippen LogP) is 8.61. The Bertz CT molecular complexity index is 1000. The first kappa shape index (κ1) is 26.8. The van der Waals surface area contributed by atoms with E-state index in [2.05, 4.69) is 16.4 Å². The number of hydrogen-bond donors (Lipinski definition) is 0. The van der Waals surface area contributed by atoms with Crippen molar-refractivity contribution in [2.75, 3.05) is 0 Å². The number of halogens is 8. The SMILES string of the molecule is CCCc1ccc(C2CCC(C(F)(F)Oc3cc(F)c(OC(F)(F)C=C(F)F)c(F)c3)CC2)cc1. The fourth-order valence-electron chi connectivity index (χ4n) is 4.23. The van der Waals surface area contributed by atoms with Gasteiger partial charge in [-0.15, -0.1) is 0 Å². The standard InChI is InChI=1S/C25H24F8O2/c1-2-3-15-4-6-16(7-5-15)17-8-10-18(11-9-17)25(32,33)34-19-12-20(26)23(21(27)13-19)35-24(30,31)14-22(28)29/h4-7,12-14,17-18H,2-3,8-11H2,1H3. The summed E-state index contributed by atoms with van der Waals surface area (Å²) >= 11 is 0. The summed E-state index contributed by atoms with van der Waals surface area (Å²) in [4.78, 5) is 0. The minimum Gasteiger partial charge on any atom is -0.432 e. The second-order valence-electron chi connectivity index (χ2n) is 8.52. The van der Waals surface area contributed by atoms with E-state index in [1.54, 1.807) is 0 Å². The number of hydrogen-bond acceptors (Lipinski definition) is 2. The number of benzene rings is 2. The smallest absolute Gasteiger partial charge is 0.425 e. The summed E-state index contributed by atoms with van der Waals surface area (Å²) in [6.07, 6.45) is -9.14. The molecule has 3 rings (SSSR count). The Morgan fingerprint density at radius 1 is 0.914 bits per heavy atom. The van der Waals surface area contributed by atoms with Crippen LogP contribution in [0.25, 0.3) is 0 Å². The van der Waals surface area contributed by atoms with Gasteiger partial charge in [-0.3, -0.25) is 0 Å². The predicted molar refractivity (Wildman–Crippen MR) is 113 cm³/mol. The van der Waals surface area contributed by atoms with Crippen molar-refractivity contribution >= 4 is 0 Å². The molecule has 1 saturated carbocycles. The first-order chi connectivity index (χ1) is 16.4. The van der Waals surface area contributed by atoms with E-state index in [1.807, 2.05) is 24.3 Å². The van der Waals surface area contributed by atoms with Crippen LogP contribution in [-0.4, -0.2) is 12.2 Å². The zero-order valence-corrected chi connectivity index (χ0v) is 18.8. The quantitative estimate of drug-likeness (QED) is 0.316. The van der Waals surface area contributed by atoms with Crippen molar-refractivity contribution in [3.63, 3.8) is 0 Å². The van der Waals surface area contributed by atoms with Gasteiger partial charge in [0.25, 0.3) is 6.08 Å². The highest BCUT2D eigenvalue weighted by molar-refractivity contribution is 5.35. The molecule has 0 radical (unpaired) electrons. The number of ether oxygens (including phenoxy) is 2. The van der Waals surface area contributed by atoms with E-state index < -0.39 is 53.4 Å². The highest BCUT2D eigenvalue weighted by Gasteiger charge is 2.44. The highest BCUT2D eigenvalue weighted by atomic mass is 19.3. The van der Waals surface area contributed by atoms with Gasteiger partial charge in [-0.2, -0.15) is 26.3 Å². The van der Waals surface area contributed by atoms with Gasteiger partial charge in [0.1, 0.15) is 5.75 Å². The Morgan fingerprint density at radius 3 is 2.00 bits per heavy atom. The Labute approximate surface area is 197 Å². The zero-order chi connectivity index (χ0) is 25.8. The van der Waals surface area contributed by atoms with Crippen molar-refractivity contribution in [1.82, 2.24) is 0 Å². The van der Waals surface area contributed by atoms with Gasteiger partial charge in [0.15, 0.2) is 17.4 Å². The third-order valence-corrected chi connectivity index (χ3v) is 5.93. The number of rotatable bonds is 9. The second-order valence-corrected chi connectivity index (χ2v) is 8.52. The summed E-state index contributed by atoms with van der Waals surface area (Å²) in [6, 6.07) is 8.53. The van der Waals surface area contributed by atoms with E-state index in [-0.39, 0.29) is 30.9 Å². The van der Waals surface area contributed by atoms with Gasteiger partial charge in [0.2, 0.25) is 0 Å². The van der Waals surface area contributed by atoms with Crippen LogP contribution in [-0.2, 0) is 6.42 Å². The van der Waals surface area contributed by atoms with Gasteiger partial charge in [0.05, 0.1) is 12.0 Å². The van der Waals surface area contributed by atoms with Crippen molar-refractivity contribution in [2.45, 2.75) is 63.6 Å². The molecule has 1 aliphatic rings. The van der Waals surface area contributed by atoms with Gasteiger partial charge >= 0.3 is 12.2 Å². The van der Waals surface area contributed by atoms with Gasteiger partial charge in [0, 0.05) is 12.1 Å². The molecule has 1 fully saturated rings. The minimum absolute atomic E-state index is 0.105. The molecule has 0 bridgehead atoms. The molecule has 0 heterocycles. The largest absolute Gasteiger partial charge is 0.432 e. The molecule has 0 atom stereocenters. The van der Waals surface area contributed by atoms with Crippen molar-refractivity contribution in [3.05, 3.63) is 71.3 Å². The molecule has 2 aromatic rings. The van der Waals surface area contributed by atoms with Crippen LogP contribution in [0.3, 0.4) is 0 Å². The van der Waals surface area contributed by atoms with Crippen LogP contribution in [0.1, 0.15) is 56.1 Å². The normalized spacial score (nSPS) is 18.8. The molecule has 0 N–H and O–H groups in total. The third-order valence-electron chi connectivity index (χ3n) is 5.93. The fourth-order valence-corrected chi connectivity index (χ4v) is 4.23. The van der Waals surface area contributed by atoms with E-state index in [1.165, 1.54) is 5.56 Å². The molecule has 0 unspecified atom stereocenters. The molecule has 0 aliphatic heterocycles. The Morgan fingerprint density at radius 2 is 1.49 bits per heavy atom. The minimum atomic E-state index is -4.72. The number of aryl methyl sites for hydroxylation is 1. The van der Waals surface area contributed by atoms with Crippen LogP contribution < -0.4 is 9.47 Å². The van der Waals surface area contributed by atoms with Crippen molar-refractivity contribution < 1.29 is 44.6 Å². The van der Waals surface area contributed by atoms with Crippen molar-refractivity contribution in [3.8, 4) is 11.5 Å². The summed E-state index contributed by atoms with van der Waals surface area (Å²) < 4.78 is 116. The molecular weight excluding hydrogens is 484 g/mol. The zero-order valence-electron chi connectivity index (χ0n) is 18.8.